The van der Waals surface area contributed by atoms with Crippen LogP contribution in [0.1, 0.15) is 16.7 Å². The normalized spacial score (nSPS) is 13.7. The molecule has 0 spiro atoms. The predicted octanol–water partition coefficient (Wildman–Crippen LogP) is 4.99. The van der Waals surface area contributed by atoms with Gasteiger partial charge in [0.1, 0.15) is 23.1 Å². The number of carbonyl (C=O) groups is 2. The molecule has 0 fully saturated rings. The summed E-state index contributed by atoms with van der Waals surface area (Å²) < 4.78 is 33.5. The molecule has 2 amide bonds. The van der Waals surface area contributed by atoms with E-state index >= 15 is 0 Å². The fraction of sp³-hybridized carbons (Fsp3) is 0.120. The number of nitrogens with zero attached hydrogens (tertiary/aromatic N) is 1. The van der Waals surface area contributed by atoms with Crippen LogP contribution in [0.2, 0.25) is 0 Å². The summed E-state index contributed by atoms with van der Waals surface area (Å²) in [5.74, 6) is -2.52. The second kappa shape index (κ2) is 8.26. The van der Waals surface area contributed by atoms with Gasteiger partial charge in [0.2, 0.25) is 0 Å². The zero-order valence-corrected chi connectivity index (χ0v) is 17.7. The van der Waals surface area contributed by atoms with Crippen molar-refractivity contribution in [2.45, 2.75) is 13.8 Å². The van der Waals surface area contributed by atoms with Crippen molar-refractivity contribution in [3.63, 3.8) is 0 Å². The molecule has 1 N–H and O–H groups in total. The number of hydrogen-bond acceptors (Lipinski definition) is 4. The van der Waals surface area contributed by atoms with Crippen LogP contribution in [0.15, 0.2) is 66.4 Å². The van der Waals surface area contributed by atoms with E-state index < -0.39 is 29.1 Å². The van der Waals surface area contributed by atoms with Crippen molar-refractivity contribution in [3.05, 3.63) is 94.7 Å². The third-order valence-corrected chi connectivity index (χ3v) is 5.39. The van der Waals surface area contributed by atoms with E-state index in [-0.39, 0.29) is 11.3 Å². The van der Waals surface area contributed by atoms with Gasteiger partial charge in [0, 0.05) is 11.8 Å². The fourth-order valence-corrected chi connectivity index (χ4v) is 3.51. The molecule has 0 radical (unpaired) electrons. The third-order valence-electron chi connectivity index (χ3n) is 5.39. The number of benzene rings is 3. The fourth-order valence-electron chi connectivity index (χ4n) is 3.51. The summed E-state index contributed by atoms with van der Waals surface area (Å²) in [6.45, 7) is 3.82. The Hall–Kier alpha value is -4.00. The van der Waals surface area contributed by atoms with Gasteiger partial charge in [0.15, 0.2) is 0 Å². The molecule has 5 nitrogen and oxygen atoms in total. The first kappa shape index (κ1) is 21.2. The molecule has 0 saturated carbocycles. The van der Waals surface area contributed by atoms with Gasteiger partial charge in [-0.2, -0.15) is 0 Å². The quantitative estimate of drug-likeness (QED) is 0.575. The first-order valence-electron chi connectivity index (χ1n) is 9.87. The molecule has 0 aliphatic carbocycles. The highest BCUT2D eigenvalue weighted by atomic mass is 19.1. The minimum atomic E-state index is -0.877. The summed E-state index contributed by atoms with van der Waals surface area (Å²) in [5, 5.41) is 2.98. The van der Waals surface area contributed by atoms with Crippen molar-refractivity contribution < 1.29 is 23.1 Å². The van der Waals surface area contributed by atoms with Gasteiger partial charge in [-0.05, 0) is 66.9 Å². The summed E-state index contributed by atoms with van der Waals surface area (Å²) in [6, 6.07) is 14.8. The average molecular weight is 434 g/mol. The van der Waals surface area contributed by atoms with Gasteiger partial charge in [-0.1, -0.05) is 18.2 Å². The lowest BCUT2D eigenvalue weighted by molar-refractivity contribution is -0.120. The van der Waals surface area contributed by atoms with Crippen LogP contribution in [0.4, 0.5) is 20.2 Å². The molecule has 1 heterocycles. The number of rotatable bonds is 5. The molecule has 7 heteroatoms. The molecule has 3 aromatic rings. The smallest absolute Gasteiger partial charge is 0.282 e. The van der Waals surface area contributed by atoms with Gasteiger partial charge in [-0.25, -0.2) is 13.7 Å². The zero-order chi connectivity index (χ0) is 23.0. The molecule has 0 atom stereocenters. The van der Waals surface area contributed by atoms with Crippen LogP contribution >= 0.6 is 0 Å². The number of hydrogen-bond donors (Lipinski definition) is 1. The lowest BCUT2D eigenvalue weighted by Gasteiger charge is -2.16. The summed E-state index contributed by atoms with van der Waals surface area (Å²) in [4.78, 5) is 27.4. The Kier molecular flexibility index (Phi) is 5.48. The van der Waals surface area contributed by atoms with Gasteiger partial charge in [-0.3, -0.25) is 9.59 Å². The number of carbonyl (C=O) groups excluding carboxylic acids is 2. The molecular formula is C25H20F2N2O3. The van der Waals surface area contributed by atoms with E-state index in [2.05, 4.69) is 5.32 Å². The number of imide groups is 1. The maximum absolute atomic E-state index is 14.5. The number of halogens is 2. The van der Waals surface area contributed by atoms with Gasteiger partial charge in [-0.15, -0.1) is 0 Å². The van der Waals surface area contributed by atoms with E-state index in [0.29, 0.717) is 21.9 Å². The minimum absolute atomic E-state index is 0.0212. The van der Waals surface area contributed by atoms with Gasteiger partial charge < -0.3 is 10.1 Å². The van der Waals surface area contributed by atoms with Crippen LogP contribution in [0.25, 0.3) is 5.57 Å². The summed E-state index contributed by atoms with van der Waals surface area (Å²) >= 11 is 0. The van der Waals surface area contributed by atoms with Gasteiger partial charge in [0.25, 0.3) is 11.8 Å². The third kappa shape index (κ3) is 3.73. The highest BCUT2D eigenvalue weighted by Gasteiger charge is 2.41. The average Bonchev–Trinajstić information content (AvgIpc) is 3.02. The molecule has 162 valence electrons. The van der Waals surface area contributed by atoms with E-state index in [4.69, 9.17) is 4.74 Å². The molecule has 0 bridgehead atoms. The van der Waals surface area contributed by atoms with E-state index in [1.807, 2.05) is 19.9 Å². The maximum atomic E-state index is 14.5. The Morgan fingerprint density at radius 3 is 2.22 bits per heavy atom. The SMILES string of the molecule is COc1ccc(NC2=C(c3ccc(C)c(C)c3)C(=O)N(c3cc(F)ccc3F)C2=O)cc1. The number of anilines is 2. The van der Waals surface area contributed by atoms with Crippen LogP contribution in [0, 0.1) is 25.5 Å². The molecule has 1 aliphatic rings. The Morgan fingerprint density at radius 2 is 1.56 bits per heavy atom. The number of nitrogens with one attached hydrogen (secondary N) is 1. The molecule has 1 aliphatic heterocycles. The highest BCUT2D eigenvalue weighted by molar-refractivity contribution is 6.46. The molecule has 0 aromatic heterocycles. The van der Waals surface area contributed by atoms with Gasteiger partial charge >= 0.3 is 0 Å². The Labute approximate surface area is 183 Å². The van der Waals surface area contributed by atoms with Crippen LogP contribution < -0.4 is 15.0 Å². The number of ether oxygens (including phenoxy) is 1. The standard InChI is InChI=1S/C25H20F2N2O3/c1-14-4-5-16(12-15(14)2)22-23(28-18-7-9-19(32-3)10-8-18)25(31)29(24(22)30)21-13-17(26)6-11-20(21)27/h4-13,28H,1-3H3. The first-order chi connectivity index (χ1) is 15.3. The Morgan fingerprint density at radius 1 is 0.844 bits per heavy atom. The predicted molar refractivity (Wildman–Crippen MR) is 118 cm³/mol. The van der Waals surface area contributed by atoms with Crippen LogP contribution in [-0.2, 0) is 9.59 Å². The molecule has 3 aromatic carbocycles. The van der Waals surface area contributed by atoms with Crippen molar-refractivity contribution in [1.82, 2.24) is 0 Å². The second-order valence-corrected chi connectivity index (χ2v) is 7.44. The molecular weight excluding hydrogens is 414 g/mol. The van der Waals surface area contributed by atoms with E-state index in [1.165, 1.54) is 7.11 Å². The van der Waals surface area contributed by atoms with Crippen molar-refractivity contribution in [2.24, 2.45) is 0 Å². The number of aryl methyl sites for hydroxylation is 2. The maximum Gasteiger partial charge on any atom is 0.282 e. The zero-order valence-electron chi connectivity index (χ0n) is 17.7. The summed E-state index contributed by atoms with van der Waals surface area (Å²) in [6.07, 6.45) is 0. The summed E-state index contributed by atoms with van der Waals surface area (Å²) in [7, 11) is 1.54. The molecule has 4 rings (SSSR count). The minimum Gasteiger partial charge on any atom is -0.497 e. The molecule has 0 saturated heterocycles. The van der Waals surface area contributed by atoms with Crippen LogP contribution in [0.3, 0.4) is 0 Å². The van der Waals surface area contributed by atoms with E-state index in [9.17, 15) is 18.4 Å². The monoisotopic (exact) mass is 434 g/mol. The van der Waals surface area contributed by atoms with Crippen molar-refractivity contribution in [3.8, 4) is 5.75 Å². The largest absolute Gasteiger partial charge is 0.497 e. The van der Waals surface area contributed by atoms with Crippen LogP contribution in [0.5, 0.6) is 5.75 Å². The Balaban J connectivity index is 1.85. The molecule has 0 unspecified atom stereocenters. The van der Waals surface area contributed by atoms with Crippen molar-refractivity contribution in [1.29, 1.82) is 0 Å². The topological polar surface area (TPSA) is 58.6 Å². The highest BCUT2D eigenvalue weighted by Crippen LogP contribution is 2.35. The van der Waals surface area contributed by atoms with Crippen LogP contribution in [-0.4, -0.2) is 18.9 Å². The van der Waals surface area contributed by atoms with E-state index in [1.54, 1.807) is 36.4 Å². The summed E-state index contributed by atoms with van der Waals surface area (Å²) in [5.41, 5.74) is 2.60. The lowest BCUT2D eigenvalue weighted by atomic mass is 9.99. The number of amides is 2. The first-order valence-corrected chi connectivity index (χ1v) is 9.87. The van der Waals surface area contributed by atoms with Gasteiger partial charge in [0.05, 0.1) is 18.4 Å². The van der Waals surface area contributed by atoms with Crippen molar-refractivity contribution >= 4 is 28.8 Å². The second-order valence-electron chi connectivity index (χ2n) is 7.44. The number of methoxy groups -OCH3 is 1. The Bertz CT molecular complexity index is 1270. The molecule has 32 heavy (non-hydrogen) atoms. The van der Waals surface area contributed by atoms with Crippen molar-refractivity contribution in [2.75, 3.05) is 17.3 Å². The lowest BCUT2D eigenvalue weighted by Crippen LogP contribution is -2.33. The van der Waals surface area contributed by atoms with E-state index in [0.717, 1.165) is 29.3 Å².